The summed E-state index contributed by atoms with van der Waals surface area (Å²) in [6.07, 6.45) is 3.28. The Labute approximate surface area is 101 Å². The van der Waals surface area contributed by atoms with Crippen LogP contribution in [-0.2, 0) is 0 Å². The third kappa shape index (κ3) is 2.14. The zero-order valence-electron chi connectivity index (χ0n) is 8.55. The smallest absolute Gasteiger partial charge is 0.293 e. The quantitative estimate of drug-likeness (QED) is 0.850. The van der Waals surface area contributed by atoms with E-state index in [0.29, 0.717) is 10.4 Å². The van der Waals surface area contributed by atoms with Crippen LogP contribution in [0.5, 0.6) is 0 Å². The molecule has 0 radical (unpaired) electrons. The SMILES string of the molecule is CN(C(=O)c1ccc(Br)o1)c1cccnc1. The predicted octanol–water partition coefficient (Wildman–Crippen LogP) is 2.71. The molecule has 4 nitrogen and oxygen atoms in total. The van der Waals surface area contributed by atoms with Gasteiger partial charge in [0.2, 0.25) is 0 Å². The van der Waals surface area contributed by atoms with E-state index in [2.05, 4.69) is 20.9 Å². The van der Waals surface area contributed by atoms with Gasteiger partial charge < -0.3 is 9.32 Å². The van der Waals surface area contributed by atoms with Gasteiger partial charge in [0.25, 0.3) is 5.91 Å². The highest BCUT2D eigenvalue weighted by molar-refractivity contribution is 9.10. The maximum absolute atomic E-state index is 11.9. The highest BCUT2D eigenvalue weighted by Crippen LogP contribution is 2.18. The number of nitrogens with zero attached hydrogens (tertiary/aromatic N) is 2. The molecule has 0 saturated heterocycles. The van der Waals surface area contributed by atoms with Crippen LogP contribution in [0.3, 0.4) is 0 Å². The largest absolute Gasteiger partial charge is 0.444 e. The number of pyridine rings is 1. The fourth-order valence-corrected chi connectivity index (χ4v) is 1.57. The van der Waals surface area contributed by atoms with Crippen molar-refractivity contribution in [2.75, 3.05) is 11.9 Å². The number of rotatable bonds is 2. The van der Waals surface area contributed by atoms with E-state index in [1.54, 1.807) is 37.6 Å². The van der Waals surface area contributed by atoms with Gasteiger partial charge in [-0.05, 0) is 40.2 Å². The van der Waals surface area contributed by atoms with Gasteiger partial charge in [-0.15, -0.1) is 0 Å². The van der Waals surface area contributed by atoms with Gasteiger partial charge in [-0.25, -0.2) is 0 Å². The highest BCUT2D eigenvalue weighted by Gasteiger charge is 2.16. The lowest BCUT2D eigenvalue weighted by Crippen LogP contribution is -2.25. The fraction of sp³-hybridized carbons (Fsp3) is 0.0909. The first-order valence-electron chi connectivity index (χ1n) is 4.62. The van der Waals surface area contributed by atoms with E-state index in [0.717, 1.165) is 5.69 Å². The van der Waals surface area contributed by atoms with E-state index in [-0.39, 0.29) is 5.91 Å². The Morgan fingerprint density at radius 1 is 1.44 bits per heavy atom. The second-order valence-electron chi connectivity index (χ2n) is 3.18. The second-order valence-corrected chi connectivity index (χ2v) is 3.96. The molecular weight excluding hydrogens is 272 g/mol. The summed E-state index contributed by atoms with van der Waals surface area (Å²) in [6.45, 7) is 0. The van der Waals surface area contributed by atoms with Crippen LogP contribution < -0.4 is 4.90 Å². The van der Waals surface area contributed by atoms with Crippen LogP contribution in [0.15, 0.2) is 45.7 Å². The Balaban J connectivity index is 2.23. The van der Waals surface area contributed by atoms with Gasteiger partial charge in [-0.2, -0.15) is 0 Å². The molecule has 2 heterocycles. The molecule has 82 valence electrons. The van der Waals surface area contributed by atoms with Gasteiger partial charge in [0.15, 0.2) is 10.4 Å². The van der Waals surface area contributed by atoms with Crippen molar-refractivity contribution in [3.05, 3.63) is 47.1 Å². The standard InChI is InChI=1S/C11H9BrN2O2/c1-14(8-3-2-6-13-7-8)11(15)9-4-5-10(12)16-9/h2-7H,1H3. The van der Waals surface area contributed by atoms with Crippen molar-refractivity contribution >= 4 is 27.5 Å². The zero-order chi connectivity index (χ0) is 11.5. The van der Waals surface area contributed by atoms with Gasteiger partial charge in [-0.3, -0.25) is 9.78 Å². The van der Waals surface area contributed by atoms with Crippen LogP contribution in [0.1, 0.15) is 10.6 Å². The molecule has 0 unspecified atom stereocenters. The number of hydrogen-bond donors (Lipinski definition) is 0. The lowest BCUT2D eigenvalue weighted by Gasteiger charge is -2.14. The van der Waals surface area contributed by atoms with Gasteiger partial charge in [0, 0.05) is 13.2 Å². The molecule has 0 aliphatic carbocycles. The highest BCUT2D eigenvalue weighted by atomic mass is 79.9. The average Bonchev–Trinajstić information content (AvgIpc) is 2.75. The summed E-state index contributed by atoms with van der Waals surface area (Å²) in [6, 6.07) is 6.89. The van der Waals surface area contributed by atoms with Gasteiger partial charge in [-0.1, -0.05) is 0 Å². The van der Waals surface area contributed by atoms with Crippen molar-refractivity contribution in [3.63, 3.8) is 0 Å². The minimum atomic E-state index is -0.210. The third-order valence-corrected chi connectivity index (χ3v) is 2.55. The molecule has 0 aromatic carbocycles. The predicted molar refractivity (Wildman–Crippen MR) is 63.4 cm³/mol. The van der Waals surface area contributed by atoms with Crippen molar-refractivity contribution < 1.29 is 9.21 Å². The zero-order valence-corrected chi connectivity index (χ0v) is 10.1. The molecule has 0 aliphatic heterocycles. The van der Waals surface area contributed by atoms with Gasteiger partial charge in [0.1, 0.15) is 0 Å². The number of anilines is 1. The summed E-state index contributed by atoms with van der Waals surface area (Å²) in [4.78, 5) is 17.4. The van der Waals surface area contributed by atoms with Crippen molar-refractivity contribution in [3.8, 4) is 0 Å². The topological polar surface area (TPSA) is 46.3 Å². The first kappa shape index (κ1) is 10.9. The summed E-state index contributed by atoms with van der Waals surface area (Å²) in [7, 11) is 1.68. The van der Waals surface area contributed by atoms with E-state index in [1.807, 2.05) is 6.07 Å². The Kier molecular flexibility index (Phi) is 3.05. The van der Waals surface area contributed by atoms with Gasteiger partial charge in [0.05, 0.1) is 11.9 Å². The van der Waals surface area contributed by atoms with Crippen molar-refractivity contribution in [1.82, 2.24) is 4.98 Å². The van der Waals surface area contributed by atoms with E-state index in [9.17, 15) is 4.79 Å². The van der Waals surface area contributed by atoms with E-state index < -0.39 is 0 Å². The number of carbonyl (C=O) groups is 1. The molecular formula is C11H9BrN2O2. The molecule has 0 atom stereocenters. The molecule has 0 spiro atoms. The Hall–Kier alpha value is -1.62. The molecule has 0 fully saturated rings. The van der Waals surface area contributed by atoms with Crippen LogP contribution >= 0.6 is 15.9 Å². The van der Waals surface area contributed by atoms with Crippen molar-refractivity contribution in [1.29, 1.82) is 0 Å². The van der Waals surface area contributed by atoms with Crippen LogP contribution in [0, 0.1) is 0 Å². The molecule has 16 heavy (non-hydrogen) atoms. The minimum absolute atomic E-state index is 0.210. The number of halogens is 1. The normalized spacial score (nSPS) is 10.1. The monoisotopic (exact) mass is 280 g/mol. The number of carbonyl (C=O) groups excluding carboxylic acids is 1. The van der Waals surface area contributed by atoms with Crippen LogP contribution in [0.2, 0.25) is 0 Å². The molecule has 0 aliphatic rings. The van der Waals surface area contributed by atoms with E-state index in [4.69, 9.17) is 4.42 Å². The summed E-state index contributed by atoms with van der Waals surface area (Å²) in [5.74, 6) is 0.0805. The van der Waals surface area contributed by atoms with Crippen molar-refractivity contribution in [2.24, 2.45) is 0 Å². The van der Waals surface area contributed by atoms with E-state index >= 15 is 0 Å². The molecule has 5 heteroatoms. The summed E-state index contributed by atoms with van der Waals surface area (Å²) < 4.78 is 5.73. The maximum Gasteiger partial charge on any atom is 0.293 e. The first-order valence-corrected chi connectivity index (χ1v) is 5.41. The molecule has 0 bridgehead atoms. The number of hydrogen-bond acceptors (Lipinski definition) is 3. The molecule has 2 aromatic rings. The maximum atomic E-state index is 11.9. The number of furan rings is 1. The Bertz CT molecular complexity index is 496. The van der Waals surface area contributed by atoms with E-state index in [1.165, 1.54) is 4.90 Å². The van der Waals surface area contributed by atoms with Crippen LogP contribution in [0.4, 0.5) is 5.69 Å². The Morgan fingerprint density at radius 2 is 2.25 bits per heavy atom. The first-order chi connectivity index (χ1) is 7.68. The number of aromatic nitrogens is 1. The molecule has 1 amide bonds. The molecule has 0 saturated carbocycles. The molecule has 2 aromatic heterocycles. The lowest BCUT2D eigenvalue weighted by molar-refractivity contribution is 0.0965. The van der Waals surface area contributed by atoms with Crippen LogP contribution in [0.25, 0.3) is 0 Å². The number of amides is 1. The molecule has 0 N–H and O–H groups in total. The lowest BCUT2D eigenvalue weighted by atomic mass is 10.3. The summed E-state index contributed by atoms with van der Waals surface area (Å²) in [5, 5.41) is 0. The molecule has 2 rings (SSSR count). The summed E-state index contributed by atoms with van der Waals surface area (Å²) in [5.41, 5.74) is 0.722. The third-order valence-electron chi connectivity index (χ3n) is 2.12. The fourth-order valence-electron chi connectivity index (χ4n) is 1.26. The Morgan fingerprint density at radius 3 is 2.81 bits per heavy atom. The summed E-state index contributed by atoms with van der Waals surface area (Å²) >= 11 is 3.16. The van der Waals surface area contributed by atoms with Crippen LogP contribution in [-0.4, -0.2) is 17.9 Å². The minimum Gasteiger partial charge on any atom is -0.444 e. The van der Waals surface area contributed by atoms with Gasteiger partial charge >= 0.3 is 0 Å². The van der Waals surface area contributed by atoms with Crippen molar-refractivity contribution in [2.45, 2.75) is 0 Å². The average molecular weight is 281 g/mol. The second kappa shape index (κ2) is 4.49.